The Kier molecular flexibility index (Phi) is 31.2. The van der Waals surface area contributed by atoms with Gasteiger partial charge in [0.1, 0.15) is 6.29 Å². The van der Waals surface area contributed by atoms with E-state index in [0.29, 0.717) is 55.1 Å². The van der Waals surface area contributed by atoms with Crippen molar-refractivity contribution >= 4 is 42.6 Å². The third kappa shape index (κ3) is 23.0. The Labute approximate surface area is 606 Å². The molecule has 100 heavy (non-hydrogen) atoms. The van der Waals surface area contributed by atoms with Crippen LogP contribution >= 0.6 is 0 Å². The molecule has 6 saturated heterocycles. The Morgan fingerprint density at radius 3 is 1.26 bits per heavy atom. The van der Waals surface area contributed by atoms with Crippen LogP contribution in [0.3, 0.4) is 0 Å². The van der Waals surface area contributed by atoms with Crippen LogP contribution in [0.4, 0.5) is 0 Å². The molecule has 1 N–H and O–H groups in total. The topological polar surface area (TPSA) is 198 Å². The van der Waals surface area contributed by atoms with Gasteiger partial charge in [-0.1, -0.05) is 132 Å². The van der Waals surface area contributed by atoms with Crippen molar-refractivity contribution in [2.45, 2.75) is 303 Å². The largest absolute Gasteiger partial charge is 0.417 e. The Morgan fingerprint density at radius 2 is 0.910 bits per heavy atom. The summed E-state index contributed by atoms with van der Waals surface area (Å²) in [5, 5.41) is 9.46. The van der Waals surface area contributed by atoms with Gasteiger partial charge >= 0.3 is 0 Å². The highest BCUT2D eigenvalue weighted by molar-refractivity contribution is 7.91. The van der Waals surface area contributed by atoms with Crippen LogP contribution in [0.25, 0.3) is 0 Å². The van der Waals surface area contributed by atoms with Crippen molar-refractivity contribution in [3.63, 3.8) is 0 Å². The lowest BCUT2D eigenvalue weighted by atomic mass is 9.83. The summed E-state index contributed by atoms with van der Waals surface area (Å²) in [6.45, 7) is 50.2. The van der Waals surface area contributed by atoms with E-state index < -0.39 is 42.4 Å². The van der Waals surface area contributed by atoms with Crippen LogP contribution in [0.15, 0.2) is 119 Å². The minimum atomic E-state index is -3.61. The molecule has 0 saturated carbocycles. The summed E-state index contributed by atoms with van der Waals surface area (Å²) in [5.74, 6) is 0.0275. The van der Waals surface area contributed by atoms with Crippen LogP contribution in [0.2, 0.25) is 36.3 Å². The smallest absolute Gasteiger partial charge is 0.191 e. The van der Waals surface area contributed by atoms with Gasteiger partial charge < -0.3 is 56.6 Å². The molecule has 20 atom stereocenters. The van der Waals surface area contributed by atoms with E-state index in [1.165, 1.54) is 0 Å². The van der Waals surface area contributed by atoms with Gasteiger partial charge in [-0.2, -0.15) is 0 Å². The Bertz CT molecular complexity index is 3170. The van der Waals surface area contributed by atoms with Gasteiger partial charge in [0, 0.05) is 65.1 Å². The lowest BCUT2D eigenvalue weighted by Gasteiger charge is -2.38. The van der Waals surface area contributed by atoms with Crippen molar-refractivity contribution in [2.75, 3.05) is 45.5 Å². The number of ether oxygens (including phenoxy) is 8. The minimum Gasteiger partial charge on any atom is -0.417 e. The first-order valence-electron chi connectivity index (χ1n) is 37.5. The van der Waals surface area contributed by atoms with Crippen LogP contribution in [0.1, 0.15) is 172 Å². The van der Waals surface area contributed by atoms with Gasteiger partial charge in [0.25, 0.3) is 0 Å². The summed E-state index contributed by atoms with van der Waals surface area (Å²) < 4.78 is 120. The van der Waals surface area contributed by atoms with Gasteiger partial charge in [0.15, 0.2) is 36.3 Å². The number of aldehydes is 1. The molecule has 6 aliphatic heterocycles. The second-order valence-electron chi connectivity index (χ2n) is 33.5. The second-order valence-corrected chi connectivity index (χ2v) is 47.2. The normalized spacial score (nSPS) is 31.7. The molecule has 0 aliphatic carbocycles. The van der Waals surface area contributed by atoms with Gasteiger partial charge in [-0.25, -0.2) is 16.8 Å². The van der Waals surface area contributed by atoms with Crippen molar-refractivity contribution in [1.82, 2.24) is 0 Å². The number of aliphatic hydroxyl groups excluding tert-OH is 1. The number of benzene rings is 2. The predicted molar refractivity (Wildman–Crippen MR) is 404 cm³/mol. The van der Waals surface area contributed by atoms with E-state index in [4.69, 9.17) is 46.7 Å². The summed E-state index contributed by atoms with van der Waals surface area (Å²) in [6.07, 6.45) is 10.6. The van der Waals surface area contributed by atoms with E-state index in [-0.39, 0.29) is 143 Å². The Balaban J connectivity index is 0.000000281. The van der Waals surface area contributed by atoms with E-state index >= 15 is 0 Å². The number of carbonyl (C=O) groups is 1. The molecule has 2 aromatic rings. The molecule has 6 unspecified atom stereocenters. The quantitative estimate of drug-likeness (QED) is 0.0394. The van der Waals surface area contributed by atoms with E-state index in [0.717, 1.165) is 99.2 Å². The summed E-state index contributed by atoms with van der Waals surface area (Å²) >= 11 is 0. The number of sulfone groups is 2. The van der Waals surface area contributed by atoms with Crippen LogP contribution in [-0.2, 0) is 71.2 Å². The van der Waals surface area contributed by atoms with E-state index in [1.807, 2.05) is 12.1 Å². The molecule has 20 heteroatoms. The first-order valence-corrected chi connectivity index (χ1v) is 46.6. The monoisotopic (exact) mass is 1470 g/mol. The molecule has 0 amide bonds. The van der Waals surface area contributed by atoms with Crippen LogP contribution in [-0.4, -0.2) is 176 Å². The van der Waals surface area contributed by atoms with E-state index in [2.05, 4.69) is 122 Å². The molecule has 0 aromatic heterocycles. The fourth-order valence-electron chi connectivity index (χ4n) is 15.1. The number of rotatable bonds is 34. The Morgan fingerprint density at radius 1 is 0.540 bits per heavy atom. The molecule has 16 nitrogen and oxygen atoms in total. The summed E-state index contributed by atoms with van der Waals surface area (Å²) in [4.78, 5) is 11.5. The molecule has 6 aliphatic rings. The minimum absolute atomic E-state index is 0.0118. The summed E-state index contributed by atoms with van der Waals surface area (Å²) in [7, 11) is -7.73. The van der Waals surface area contributed by atoms with Gasteiger partial charge in [0.05, 0.1) is 107 Å². The van der Waals surface area contributed by atoms with Gasteiger partial charge in [0.2, 0.25) is 0 Å². The maximum Gasteiger partial charge on any atom is 0.191 e. The van der Waals surface area contributed by atoms with Crippen molar-refractivity contribution in [2.24, 2.45) is 35.5 Å². The zero-order valence-corrected chi connectivity index (χ0v) is 67.6. The lowest BCUT2D eigenvalue weighted by Crippen LogP contribution is -2.42. The number of hydrogen-bond acceptors (Lipinski definition) is 16. The molecule has 2 aromatic carbocycles. The predicted octanol–water partition coefficient (Wildman–Crippen LogP) is 16.0. The molecular weight excluding hydrogens is 1340 g/mol. The fraction of sp³-hybridized carbons (Fsp3) is 0.738. The molecule has 6 fully saturated rings. The standard InChI is InChI=1S/C40H66O8SSi.C40H64O8SSi/c2*1-27(25-45-50(9,10)40(5,6)7)21-38-39(44-8)34(26-49(42,43)33-16-12-11-13-17-33)37(48-38)24-36-30(4)28(2)22-32(47-36)18-19-35-29(3)23-31(46-35)15-14-20-41/h11-13,16-17,27-28,31-32,34-39,41H,3-4,14-15,18-26H2,1-2,5-10H3;11-13,16-17,20,27-28,31-32,34-39H,3-4,14-15,18-19,21-26H2,1-2,5-10H3/t2*27-,28+,31-,32?,34-,35-,36?,37?,38+,39+/m00/s1. The average molecular weight is 1470 g/mol. The van der Waals surface area contributed by atoms with E-state index in [9.17, 15) is 26.7 Å². The Hall–Kier alpha value is -3.04. The van der Waals surface area contributed by atoms with Crippen molar-refractivity contribution in [3.05, 3.63) is 109 Å². The molecule has 0 radical (unpaired) electrons. The lowest BCUT2D eigenvalue weighted by molar-refractivity contribution is -0.108. The number of carbonyl (C=O) groups excluding carboxylic acids is 1. The fourth-order valence-corrected chi connectivity index (χ4v) is 20.7. The van der Waals surface area contributed by atoms with Gasteiger partial charge in [-0.05, 0) is 190 Å². The average Bonchev–Trinajstić information content (AvgIpc) is 1.62. The summed E-state index contributed by atoms with van der Waals surface area (Å²) in [5.41, 5.74) is 4.28. The third-order valence-corrected chi connectivity index (χ3v) is 36.1. The molecule has 566 valence electrons. The highest BCUT2D eigenvalue weighted by atomic mass is 32.2. The maximum absolute atomic E-state index is 13.8. The maximum atomic E-state index is 13.8. The third-order valence-electron chi connectivity index (χ3n) is 23.5. The molecular formula is C80H130O16S2Si2. The number of hydrogen-bond donors (Lipinski definition) is 1. The molecule has 0 bridgehead atoms. The zero-order chi connectivity index (χ0) is 73.7. The van der Waals surface area contributed by atoms with Crippen molar-refractivity contribution < 1.29 is 73.5 Å². The highest BCUT2D eigenvalue weighted by Gasteiger charge is 2.52. The highest BCUT2D eigenvalue weighted by Crippen LogP contribution is 2.46. The van der Waals surface area contributed by atoms with Crippen LogP contribution in [0.5, 0.6) is 0 Å². The van der Waals surface area contributed by atoms with Crippen molar-refractivity contribution in [3.8, 4) is 0 Å². The molecule has 6 heterocycles. The summed E-state index contributed by atoms with van der Waals surface area (Å²) in [6, 6.07) is 17.3. The van der Waals surface area contributed by atoms with E-state index in [1.54, 1.807) is 62.8 Å². The SMILES string of the molecule is C=C1C(CC2O[C@H](C[C@H](C)CO[Si](C)(C)C(C)(C)C)[C@H](OC)[C@H]2CS(=O)(=O)c2ccccc2)OC(CC[C@@H]2O[C@@H](CCC=O)CC2=C)C[C@H]1C.C=C1C(CC2O[C@H](C[C@H](C)CO[Si](C)(C)C(C)(C)C)[C@H](OC)[C@H]2CS(=O)(=O)c2ccccc2)OC(CC[C@@H]2O[C@@H](CCCO)CC2=C)C[C@H]1C. The first-order chi connectivity index (χ1) is 46.9. The molecule has 0 spiro atoms. The number of aliphatic hydroxyl groups is 1. The van der Waals surface area contributed by atoms with Crippen molar-refractivity contribution in [1.29, 1.82) is 0 Å². The first kappa shape index (κ1) is 84.2. The molecule has 8 rings (SSSR count). The van der Waals surface area contributed by atoms with Gasteiger partial charge in [-0.3, -0.25) is 0 Å². The van der Waals surface area contributed by atoms with Crippen LogP contribution < -0.4 is 0 Å². The second kappa shape index (κ2) is 37.0. The number of methoxy groups -OCH3 is 2. The zero-order valence-electron chi connectivity index (χ0n) is 64.0. The van der Waals surface area contributed by atoms with Gasteiger partial charge in [-0.15, -0.1) is 0 Å². The van der Waals surface area contributed by atoms with Crippen LogP contribution in [0, 0.1) is 35.5 Å².